The van der Waals surface area contributed by atoms with Gasteiger partial charge in [-0.05, 0) is 52.0 Å². The van der Waals surface area contributed by atoms with Crippen LogP contribution in [0.15, 0.2) is 24.3 Å². The predicted octanol–water partition coefficient (Wildman–Crippen LogP) is 1.63. The Morgan fingerprint density at radius 3 is 2.40 bits per heavy atom. The first kappa shape index (κ1) is 18.7. The quantitative estimate of drug-likeness (QED) is 0.767. The Bertz CT molecular complexity index is 652. The summed E-state index contributed by atoms with van der Waals surface area (Å²) in [6.45, 7) is 8.59. The van der Waals surface area contributed by atoms with E-state index in [1.807, 2.05) is 0 Å². The van der Waals surface area contributed by atoms with Crippen LogP contribution in [-0.4, -0.2) is 82.1 Å². The molecular formula is C19H31N3O2S. The number of benzene rings is 1. The highest BCUT2D eigenvalue weighted by Gasteiger charge is 2.30. The fourth-order valence-electron chi connectivity index (χ4n) is 3.83. The van der Waals surface area contributed by atoms with E-state index in [1.54, 1.807) is 0 Å². The lowest BCUT2D eigenvalue weighted by molar-refractivity contribution is 0.214. The maximum atomic E-state index is 11.6. The average molecular weight is 366 g/mol. The van der Waals surface area contributed by atoms with E-state index in [0.717, 1.165) is 52.1 Å². The molecule has 2 fully saturated rings. The molecule has 2 heterocycles. The van der Waals surface area contributed by atoms with Crippen LogP contribution in [-0.2, 0) is 9.84 Å². The molecule has 0 N–H and O–H groups in total. The highest BCUT2D eigenvalue weighted by molar-refractivity contribution is 7.91. The molecule has 2 aliphatic rings. The van der Waals surface area contributed by atoms with Gasteiger partial charge in [-0.3, -0.25) is 4.90 Å². The van der Waals surface area contributed by atoms with E-state index in [-0.39, 0.29) is 6.04 Å². The first-order valence-corrected chi connectivity index (χ1v) is 11.2. The van der Waals surface area contributed by atoms with Crippen LogP contribution < -0.4 is 4.90 Å². The molecule has 0 aliphatic carbocycles. The molecule has 1 atom stereocenters. The molecule has 0 spiro atoms. The first-order chi connectivity index (χ1) is 11.9. The van der Waals surface area contributed by atoms with Gasteiger partial charge in [0.25, 0.3) is 0 Å². The zero-order chi connectivity index (χ0) is 17.9. The topological polar surface area (TPSA) is 43.9 Å². The molecule has 1 aromatic carbocycles. The van der Waals surface area contributed by atoms with Gasteiger partial charge in [0.15, 0.2) is 9.84 Å². The van der Waals surface area contributed by atoms with Gasteiger partial charge in [0.1, 0.15) is 0 Å². The van der Waals surface area contributed by atoms with Crippen molar-refractivity contribution in [3.8, 4) is 0 Å². The molecule has 0 amide bonds. The van der Waals surface area contributed by atoms with Gasteiger partial charge >= 0.3 is 0 Å². The summed E-state index contributed by atoms with van der Waals surface area (Å²) in [4.78, 5) is 7.24. The van der Waals surface area contributed by atoms with Crippen LogP contribution in [0.4, 0.5) is 5.69 Å². The summed E-state index contributed by atoms with van der Waals surface area (Å²) < 4.78 is 23.2. The van der Waals surface area contributed by atoms with Crippen LogP contribution in [0.2, 0.25) is 0 Å². The minimum atomic E-state index is -2.78. The maximum Gasteiger partial charge on any atom is 0.151 e. The van der Waals surface area contributed by atoms with Crippen LogP contribution >= 0.6 is 0 Å². The summed E-state index contributed by atoms with van der Waals surface area (Å²) >= 11 is 0. The second-order valence-electron chi connectivity index (χ2n) is 7.56. The molecule has 0 aromatic heterocycles. The van der Waals surface area contributed by atoms with Crippen molar-refractivity contribution in [3.05, 3.63) is 29.8 Å². The van der Waals surface area contributed by atoms with E-state index in [0.29, 0.717) is 11.5 Å². The van der Waals surface area contributed by atoms with Gasteiger partial charge in [-0.2, -0.15) is 0 Å². The Kier molecular flexibility index (Phi) is 6.02. The zero-order valence-corrected chi connectivity index (χ0v) is 16.3. The average Bonchev–Trinajstić information content (AvgIpc) is 2.96. The molecular weight excluding hydrogens is 334 g/mol. The normalized spacial score (nSPS) is 24.1. The molecule has 1 aromatic rings. The molecule has 2 aliphatic heterocycles. The third kappa shape index (κ3) is 5.19. The smallest absolute Gasteiger partial charge is 0.151 e. The summed E-state index contributed by atoms with van der Waals surface area (Å²) in [7, 11) is -0.709. The summed E-state index contributed by atoms with van der Waals surface area (Å²) in [5, 5.41) is 0. The molecule has 140 valence electrons. The van der Waals surface area contributed by atoms with Crippen molar-refractivity contribution in [3.63, 3.8) is 0 Å². The number of nitrogens with zero attached hydrogens (tertiary/aromatic N) is 3. The van der Waals surface area contributed by atoms with Crippen molar-refractivity contribution in [2.75, 3.05) is 62.7 Å². The number of sulfone groups is 1. The third-order valence-corrected chi connectivity index (χ3v) is 7.34. The van der Waals surface area contributed by atoms with Gasteiger partial charge in [0, 0.05) is 37.9 Å². The van der Waals surface area contributed by atoms with E-state index < -0.39 is 9.84 Å². The number of anilines is 1. The van der Waals surface area contributed by atoms with Crippen molar-refractivity contribution < 1.29 is 8.42 Å². The largest absolute Gasteiger partial charge is 0.369 e. The fourth-order valence-corrected chi connectivity index (χ4v) is 5.64. The van der Waals surface area contributed by atoms with Crippen molar-refractivity contribution in [2.24, 2.45) is 0 Å². The molecule has 6 heteroatoms. The molecule has 0 bridgehead atoms. The van der Waals surface area contributed by atoms with Crippen LogP contribution in [0.3, 0.4) is 0 Å². The number of rotatable bonds is 6. The van der Waals surface area contributed by atoms with Gasteiger partial charge in [-0.1, -0.05) is 17.7 Å². The molecule has 5 nitrogen and oxygen atoms in total. The van der Waals surface area contributed by atoms with E-state index in [2.05, 4.69) is 52.9 Å². The van der Waals surface area contributed by atoms with Crippen molar-refractivity contribution >= 4 is 15.5 Å². The number of piperazine rings is 1. The number of hydrogen-bond acceptors (Lipinski definition) is 5. The summed E-state index contributed by atoms with van der Waals surface area (Å²) in [6, 6.07) is 9.02. The lowest BCUT2D eigenvalue weighted by atomic mass is 10.2. The Morgan fingerprint density at radius 1 is 1.12 bits per heavy atom. The molecule has 1 unspecified atom stereocenters. The monoisotopic (exact) mass is 365 g/mol. The van der Waals surface area contributed by atoms with E-state index >= 15 is 0 Å². The lowest BCUT2D eigenvalue weighted by Crippen LogP contribution is -2.47. The van der Waals surface area contributed by atoms with Crippen LogP contribution in [0.25, 0.3) is 0 Å². The minimum Gasteiger partial charge on any atom is -0.369 e. The lowest BCUT2D eigenvalue weighted by Gasteiger charge is -2.36. The Morgan fingerprint density at radius 2 is 1.80 bits per heavy atom. The highest BCUT2D eigenvalue weighted by atomic mass is 32.2. The molecule has 0 radical (unpaired) electrons. The SMILES string of the molecule is Cc1ccc(N2CCN(CCCN(C)C3CCS(=O)(=O)C3)CC2)cc1. The summed E-state index contributed by atoms with van der Waals surface area (Å²) in [5.74, 6) is 0.710. The summed E-state index contributed by atoms with van der Waals surface area (Å²) in [5.41, 5.74) is 2.63. The van der Waals surface area contributed by atoms with Crippen molar-refractivity contribution in [1.29, 1.82) is 0 Å². The van der Waals surface area contributed by atoms with Gasteiger partial charge in [0.05, 0.1) is 11.5 Å². The Balaban J connectivity index is 1.36. The number of hydrogen-bond donors (Lipinski definition) is 0. The zero-order valence-electron chi connectivity index (χ0n) is 15.5. The third-order valence-electron chi connectivity index (χ3n) is 5.59. The van der Waals surface area contributed by atoms with Crippen molar-refractivity contribution in [2.45, 2.75) is 25.8 Å². The van der Waals surface area contributed by atoms with E-state index in [1.165, 1.54) is 11.3 Å². The van der Waals surface area contributed by atoms with Gasteiger partial charge in [-0.15, -0.1) is 0 Å². The van der Waals surface area contributed by atoms with E-state index in [9.17, 15) is 8.42 Å². The minimum absolute atomic E-state index is 0.225. The number of aryl methyl sites for hydroxylation is 1. The molecule has 25 heavy (non-hydrogen) atoms. The standard InChI is InChI=1S/C19H31N3O2S/c1-17-4-6-18(7-5-17)22-13-11-21(12-14-22)10-3-9-20(2)19-8-15-25(23,24)16-19/h4-7,19H,3,8-16H2,1-2H3. The first-order valence-electron chi connectivity index (χ1n) is 9.37. The second kappa shape index (κ2) is 8.06. The van der Waals surface area contributed by atoms with Gasteiger partial charge < -0.3 is 9.80 Å². The maximum absolute atomic E-state index is 11.6. The molecule has 2 saturated heterocycles. The van der Waals surface area contributed by atoms with Gasteiger partial charge in [-0.25, -0.2) is 8.42 Å². The Labute approximate surface area is 152 Å². The van der Waals surface area contributed by atoms with Crippen molar-refractivity contribution in [1.82, 2.24) is 9.80 Å². The van der Waals surface area contributed by atoms with Crippen LogP contribution in [0.5, 0.6) is 0 Å². The Hall–Kier alpha value is -1.11. The second-order valence-corrected chi connectivity index (χ2v) is 9.78. The fraction of sp³-hybridized carbons (Fsp3) is 0.684. The highest BCUT2D eigenvalue weighted by Crippen LogP contribution is 2.18. The van der Waals surface area contributed by atoms with Crippen LogP contribution in [0, 0.1) is 6.92 Å². The van der Waals surface area contributed by atoms with Crippen LogP contribution in [0.1, 0.15) is 18.4 Å². The van der Waals surface area contributed by atoms with E-state index in [4.69, 9.17) is 0 Å². The predicted molar refractivity (Wildman–Crippen MR) is 104 cm³/mol. The van der Waals surface area contributed by atoms with Gasteiger partial charge in [0.2, 0.25) is 0 Å². The molecule has 0 saturated carbocycles. The summed E-state index contributed by atoms with van der Waals surface area (Å²) in [6.07, 6.45) is 1.91. The molecule has 3 rings (SSSR count).